The monoisotopic (exact) mass is 198 g/mol. The van der Waals surface area contributed by atoms with Gasteiger partial charge in [0.15, 0.2) is 0 Å². The van der Waals surface area contributed by atoms with Gasteiger partial charge in [-0.3, -0.25) is 0 Å². The molecule has 0 aromatic rings. The van der Waals surface area contributed by atoms with E-state index in [1.165, 1.54) is 58.2 Å². The Morgan fingerprint density at radius 1 is 1.29 bits per heavy atom. The minimum Gasteiger partial charge on any atom is -0.317 e. The second-order valence-electron chi connectivity index (χ2n) is 4.52. The fourth-order valence-corrected chi connectivity index (χ4v) is 2.23. The van der Waals surface area contributed by atoms with E-state index in [2.05, 4.69) is 24.2 Å². The summed E-state index contributed by atoms with van der Waals surface area (Å²) < 4.78 is 0. The fraction of sp³-hybridized carbons (Fsp3) is 1.00. The molecule has 1 aliphatic rings. The SMILES string of the molecule is CCCCNCCCC1CCCN1C. The van der Waals surface area contributed by atoms with Crippen molar-refractivity contribution in [3.8, 4) is 0 Å². The molecule has 84 valence electrons. The molecule has 1 aliphatic heterocycles. The van der Waals surface area contributed by atoms with Crippen LogP contribution in [0, 0.1) is 0 Å². The van der Waals surface area contributed by atoms with Crippen molar-refractivity contribution in [2.75, 3.05) is 26.7 Å². The molecular weight excluding hydrogens is 172 g/mol. The third-order valence-corrected chi connectivity index (χ3v) is 3.27. The highest BCUT2D eigenvalue weighted by Crippen LogP contribution is 2.18. The highest BCUT2D eigenvalue weighted by Gasteiger charge is 2.19. The summed E-state index contributed by atoms with van der Waals surface area (Å²) in [7, 11) is 2.27. The molecule has 0 aromatic carbocycles. The van der Waals surface area contributed by atoms with Crippen LogP contribution in [-0.4, -0.2) is 37.6 Å². The molecule has 14 heavy (non-hydrogen) atoms. The van der Waals surface area contributed by atoms with Crippen molar-refractivity contribution >= 4 is 0 Å². The van der Waals surface area contributed by atoms with Crippen LogP contribution in [-0.2, 0) is 0 Å². The van der Waals surface area contributed by atoms with Crippen molar-refractivity contribution in [2.45, 2.75) is 51.5 Å². The molecule has 1 heterocycles. The second-order valence-corrected chi connectivity index (χ2v) is 4.52. The predicted molar refractivity (Wildman–Crippen MR) is 62.7 cm³/mol. The highest BCUT2D eigenvalue weighted by molar-refractivity contribution is 4.76. The minimum absolute atomic E-state index is 0.878. The summed E-state index contributed by atoms with van der Waals surface area (Å²) in [6, 6.07) is 0.878. The number of likely N-dealkylation sites (tertiary alicyclic amines) is 1. The summed E-state index contributed by atoms with van der Waals surface area (Å²) in [4.78, 5) is 2.52. The summed E-state index contributed by atoms with van der Waals surface area (Å²) >= 11 is 0. The van der Waals surface area contributed by atoms with Gasteiger partial charge in [-0.25, -0.2) is 0 Å². The predicted octanol–water partition coefficient (Wildman–Crippen LogP) is 2.25. The van der Waals surface area contributed by atoms with Crippen LogP contribution in [0.2, 0.25) is 0 Å². The third-order valence-electron chi connectivity index (χ3n) is 3.27. The van der Waals surface area contributed by atoms with Gasteiger partial charge in [0.25, 0.3) is 0 Å². The molecule has 0 saturated carbocycles. The molecule has 1 atom stereocenters. The molecule has 1 fully saturated rings. The van der Waals surface area contributed by atoms with Crippen LogP contribution in [0.5, 0.6) is 0 Å². The molecule has 0 bridgehead atoms. The summed E-state index contributed by atoms with van der Waals surface area (Å²) in [6.45, 7) is 5.98. The van der Waals surface area contributed by atoms with E-state index < -0.39 is 0 Å². The van der Waals surface area contributed by atoms with Gasteiger partial charge < -0.3 is 10.2 Å². The number of unbranched alkanes of at least 4 members (excludes halogenated alkanes) is 1. The van der Waals surface area contributed by atoms with Crippen LogP contribution in [0.15, 0.2) is 0 Å². The Hall–Kier alpha value is -0.0800. The lowest BCUT2D eigenvalue weighted by Gasteiger charge is -2.19. The first kappa shape index (κ1) is 12.0. The Kier molecular flexibility index (Phi) is 6.20. The zero-order chi connectivity index (χ0) is 10.2. The molecule has 1 rings (SSSR count). The van der Waals surface area contributed by atoms with Crippen molar-refractivity contribution < 1.29 is 0 Å². The average Bonchev–Trinajstić information content (AvgIpc) is 2.58. The van der Waals surface area contributed by atoms with E-state index in [1.807, 2.05) is 0 Å². The molecule has 0 aliphatic carbocycles. The first-order valence-corrected chi connectivity index (χ1v) is 6.25. The molecule has 1 unspecified atom stereocenters. The molecule has 1 N–H and O–H groups in total. The summed E-state index contributed by atoms with van der Waals surface area (Å²) in [6.07, 6.45) is 8.19. The first-order valence-electron chi connectivity index (χ1n) is 6.25. The van der Waals surface area contributed by atoms with E-state index in [0.29, 0.717) is 0 Å². The Balaban J connectivity index is 1.88. The van der Waals surface area contributed by atoms with E-state index in [0.717, 1.165) is 6.04 Å². The quantitative estimate of drug-likeness (QED) is 0.631. The van der Waals surface area contributed by atoms with Gasteiger partial charge >= 0.3 is 0 Å². The van der Waals surface area contributed by atoms with Gasteiger partial charge in [-0.05, 0) is 58.8 Å². The topological polar surface area (TPSA) is 15.3 Å². The molecule has 1 saturated heterocycles. The molecule has 0 amide bonds. The van der Waals surface area contributed by atoms with Crippen LogP contribution in [0.3, 0.4) is 0 Å². The number of nitrogens with one attached hydrogen (secondary N) is 1. The first-order chi connectivity index (χ1) is 6.84. The standard InChI is InChI=1S/C12H26N2/c1-3-4-9-13-10-5-7-12-8-6-11-14(12)2/h12-13H,3-11H2,1-2H3. The van der Waals surface area contributed by atoms with Crippen molar-refractivity contribution in [1.82, 2.24) is 10.2 Å². The van der Waals surface area contributed by atoms with Crippen LogP contribution in [0.1, 0.15) is 45.4 Å². The van der Waals surface area contributed by atoms with Crippen LogP contribution in [0.25, 0.3) is 0 Å². The zero-order valence-corrected chi connectivity index (χ0v) is 9.89. The number of nitrogens with zero attached hydrogens (tertiary/aromatic N) is 1. The molecular formula is C12H26N2. The molecule has 2 nitrogen and oxygen atoms in total. The average molecular weight is 198 g/mol. The van der Waals surface area contributed by atoms with Crippen molar-refractivity contribution in [3.63, 3.8) is 0 Å². The van der Waals surface area contributed by atoms with Gasteiger partial charge in [-0.1, -0.05) is 13.3 Å². The summed E-state index contributed by atoms with van der Waals surface area (Å²) in [5, 5.41) is 3.51. The maximum absolute atomic E-state index is 3.51. The largest absolute Gasteiger partial charge is 0.317 e. The molecule has 0 spiro atoms. The van der Waals surface area contributed by atoms with Gasteiger partial charge in [0.1, 0.15) is 0 Å². The van der Waals surface area contributed by atoms with Gasteiger partial charge in [0, 0.05) is 6.04 Å². The van der Waals surface area contributed by atoms with Crippen molar-refractivity contribution in [1.29, 1.82) is 0 Å². The summed E-state index contributed by atoms with van der Waals surface area (Å²) in [5.41, 5.74) is 0. The molecule has 0 radical (unpaired) electrons. The lowest BCUT2D eigenvalue weighted by atomic mass is 10.1. The van der Waals surface area contributed by atoms with E-state index in [1.54, 1.807) is 0 Å². The smallest absolute Gasteiger partial charge is 0.00931 e. The van der Waals surface area contributed by atoms with Crippen molar-refractivity contribution in [3.05, 3.63) is 0 Å². The van der Waals surface area contributed by atoms with Crippen LogP contribution >= 0.6 is 0 Å². The van der Waals surface area contributed by atoms with E-state index in [-0.39, 0.29) is 0 Å². The van der Waals surface area contributed by atoms with E-state index in [4.69, 9.17) is 0 Å². The summed E-state index contributed by atoms with van der Waals surface area (Å²) in [5.74, 6) is 0. The Labute approximate surface area is 89.1 Å². The normalized spacial score (nSPS) is 23.1. The Morgan fingerprint density at radius 2 is 2.07 bits per heavy atom. The van der Waals surface area contributed by atoms with E-state index >= 15 is 0 Å². The Bertz CT molecular complexity index is 136. The van der Waals surface area contributed by atoms with Gasteiger partial charge in [0.05, 0.1) is 0 Å². The lowest BCUT2D eigenvalue weighted by molar-refractivity contribution is 0.291. The molecule has 2 heteroatoms. The van der Waals surface area contributed by atoms with Gasteiger partial charge in [-0.15, -0.1) is 0 Å². The minimum atomic E-state index is 0.878. The van der Waals surface area contributed by atoms with Crippen molar-refractivity contribution in [2.24, 2.45) is 0 Å². The maximum Gasteiger partial charge on any atom is 0.00931 e. The third kappa shape index (κ3) is 4.43. The van der Waals surface area contributed by atoms with Crippen LogP contribution in [0.4, 0.5) is 0 Å². The van der Waals surface area contributed by atoms with Crippen LogP contribution < -0.4 is 5.32 Å². The zero-order valence-electron chi connectivity index (χ0n) is 9.89. The number of hydrogen-bond acceptors (Lipinski definition) is 2. The fourth-order valence-electron chi connectivity index (χ4n) is 2.23. The van der Waals surface area contributed by atoms with Gasteiger partial charge in [-0.2, -0.15) is 0 Å². The lowest BCUT2D eigenvalue weighted by Crippen LogP contribution is -2.26. The number of rotatable bonds is 7. The molecule has 0 aromatic heterocycles. The maximum atomic E-state index is 3.51. The Morgan fingerprint density at radius 3 is 2.71 bits per heavy atom. The highest BCUT2D eigenvalue weighted by atomic mass is 15.1. The van der Waals surface area contributed by atoms with Gasteiger partial charge in [0.2, 0.25) is 0 Å². The number of hydrogen-bond donors (Lipinski definition) is 1. The second kappa shape index (κ2) is 7.24. The van der Waals surface area contributed by atoms with E-state index in [9.17, 15) is 0 Å².